The molecule has 0 spiro atoms. The highest BCUT2D eigenvalue weighted by atomic mass is 127. The lowest BCUT2D eigenvalue weighted by Gasteiger charge is -2.17. The molecule has 0 aliphatic carbocycles. The molecule has 1 N–H and O–H groups in total. The number of carbonyl (C=O) groups excluding carboxylic acids is 1. The molecule has 0 aromatic heterocycles. The lowest BCUT2D eigenvalue weighted by atomic mass is 10.2. The summed E-state index contributed by atoms with van der Waals surface area (Å²) >= 11 is 15.7. The lowest BCUT2D eigenvalue weighted by Crippen LogP contribution is -2.19. The Morgan fingerprint density at radius 3 is 2.80 bits per heavy atom. The molecular formula is C21H19Cl2IN2O3S. The van der Waals surface area contributed by atoms with Crippen LogP contribution >= 0.6 is 57.6 Å². The van der Waals surface area contributed by atoms with Crippen LogP contribution < -0.4 is 14.8 Å². The molecule has 1 aliphatic rings. The average molecular weight is 577 g/mol. The maximum Gasteiger partial charge on any atom is 0.264 e. The van der Waals surface area contributed by atoms with E-state index in [-0.39, 0.29) is 12.0 Å². The first kappa shape index (κ1) is 23.2. The van der Waals surface area contributed by atoms with E-state index in [0.717, 1.165) is 15.6 Å². The van der Waals surface area contributed by atoms with Gasteiger partial charge in [0.2, 0.25) is 0 Å². The van der Waals surface area contributed by atoms with E-state index in [9.17, 15) is 4.79 Å². The second kappa shape index (κ2) is 10.3. The van der Waals surface area contributed by atoms with Crippen molar-refractivity contribution in [1.82, 2.24) is 5.32 Å². The summed E-state index contributed by atoms with van der Waals surface area (Å²) in [4.78, 5) is 17.4. The minimum atomic E-state index is -0.231. The van der Waals surface area contributed by atoms with Crippen molar-refractivity contribution in [2.45, 2.75) is 26.4 Å². The summed E-state index contributed by atoms with van der Waals surface area (Å²) in [6.45, 7) is 4.08. The summed E-state index contributed by atoms with van der Waals surface area (Å²) in [5.74, 6) is 1.10. The fraction of sp³-hybridized carbons (Fsp3) is 0.238. The highest BCUT2D eigenvalue weighted by Gasteiger charge is 2.25. The number of hydrogen-bond donors (Lipinski definition) is 1. The molecule has 158 valence electrons. The molecule has 1 saturated heterocycles. The van der Waals surface area contributed by atoms with E-state index < -0.39 is 0 Å². The van der Waals surface area contributed by atoms with Crippen LogP contribution in [0.25, 0.3) is 6.08 Å². The van der Waals surface area contributed by atoms with Gasteiger partial charge >= 0.3 is 0 Å². The summed E-state index contributed by atoms with van der Waals surface area (Å²) in [6, 6.07) is 8.97. The highest BCUT2D eigenvalue weighted by Crippen LogP contribution is 2.38. The fourth-order valence-electron chi connectivity index (χ4n) is 2.54. The Labute approximate surface area is 203 Å². The Balaban J connectivity index is 1.88. The number of methoxy groups -OCH3 is 1. The van der Waals surface area contributed by atoms with E-state index >= 15 is 0 Å². The third-order valence-corrected chi connectivity index (χ3v) is 6.77. The van der Waals surface area contributed by atoms with E-state index in [4.69, 9.17) is 32.7 Å². The van der Waals surface area contributed by atoms with Crippen molar-refractivity contribution in [3.05, 3.63) is 54.4 Å². The van der Waals surface area contributed by atoms with E-state index in [1.54, 1.807) is 31.4 Å². The van der Waals surface area contributed by atoms with Gasteiger partial charge in [0.25, 0.3) is 5.91 Å². The average Bonchev–Trinajstić information content (AvgIpc) is 3.05. The van der Waals surface area contributed by atoms with Crippen LogP contribution in [-0.2, 0) is 4.79 Å². The SMILES string of the molecule is CCC(C)Oc1c(I)cc(/C=C2\SC(=Nc3cccc(Cl)c3Cl)NC2=O)cc1OC. The normalized spacial score (nSPS) is 17.3. The second-order valence-electron chi connectivity index (χ2n) is 6.43. The van der Waals surface area contributed by atoms with Crippen molar-refractivity contribution >= 4 is 80.4 Å². The van der Waals surface area contributed by atoms with Gasteiger partial charge in [-0.3, -0.25) is 4.79 Å². The van der Waals surface area contributed by atoms with Crippen LogP contribution in [0.4, 0.5) is 5.69 Å². The minimum absolute atomic E-state index is 0.0740. The topological polar surface area (TPSA) is 59.9 Å². The first-order valence-corrected chi connectivity index (χ1v) is 11.7. The van der Waals surface area contributed by atoms with Crippen LogP contribution in [0.2, 0.25) is 10.0 Å². The molecule has 9 heteroatoms. The zero-order valence-electron chi connectivity index (χ0n) is 16.5. The first-order valence-electron chi connectivity index (χ1n) is 9.10. The number of carbonyl (C=O) groups is 1. The molecule has 1 heterocycles. The summed E-state index contributed by atoms with van der Waals surface area (Å²) < 4.78 is 12.4. The van der Waals surface area contributed by atoms with Crippen molar-refractivity contribution in [2.75, 3.05) is 7.11 Å². The van der Waals surface area contributed by atoms with Crippen molar-refractivity contribution in [1.29, 1.82) is 0 Å². The second-order valence-corrected chi connectivity index (χ2v) is 9.40. The predicted molar refractivity (Wildman–Crippen MR) is 133 cm³/mol. The highest BCUT2D eigenvalue weighted by molar-refractivity contribution is 14.1. The van der Waals surface area contributed by atoms with E-state index in [0.29, 0.717) is 37.3 Å². The van der Waals surface area contributed by atoms with Gasteiger partial charge in [-0.05, 0) is 83.6 Å². The van der Waals surface area contributed by atoms with Gasteiger partial charge in [0.1, 0.15) is 0 Å². The number of benzene rings is 2. The van der Waals surface area contributed by atoms with Crippen LogP contribution in [0.5, 0.6) is 11.5 Å². The molecule has 0 saturated carbocycles. The van der Waals surface area contributed by atoms with Gasteiger partial charge in [0.15, 0.2) is 16.7 Å². The Morgan fingerprint density at radius 1 is 1.33 bits per heavy atom. The fourth-order valence-corrected chi connectivity index (χ4v) is 4.47. The number of rotatable bonds is 6. The largest absolute Gasteiger partial charge is 0.493 e. The third kappa shape index (κ3) is 5.43. The zero-order chi connectivity index (χ0) is 21.8. The van der Waals surface area contributed by atoms with Crippen molar-refractivity contribution < 1.29 is 14.3 Å². The van der Waals surface area contributed by atoms with Gasteiger partial charge in [0.05, 0.1) is 37.4 Å². The molecule has 0 bridgehead atoms. The van der Waals surface area contributed by atoms with Gasteiger partial charge in [-0.1, -0.05) is 36.2 Å². The van der Waals surface area contributed by atoms with E-state index in [2.05, 4.69) is 39.8 Å². The lowest BCUT2D eigenvalue weighted by molar-refractivity contribution is -0.115. The number of amides is 1. The van der Waals surface area contributed by atoms with E-state index in [1.165, 1.54) is 11.8 Å². The zero-order valence-corrected chi connectivity index (χ0v) is 20.9. The Bertz CT molecular complexity index is 1040. The molecule has 1 unspecified atom stereocenters. The number of nitrogens with one attached hydrogen (secondary N) is 1. The number of hydrogen-bond acceptors (Lipinski definition) is 5. The molecule has 1 amide bonds. The van der Waals surface area contributed by atoms with Gasteiger partial charge in [-0.15, -0.1) is 0 Å². The van der Waals surface area contributed by atoms with Gasteiger partial charge in [-0.2, -0.15) is 0 Å². The Kier molecular flexibility index (Phi) is 7.95. The number of nitrogens with zero attached hydrogens (tertiary/aromatic N) is 1. The van der Waals surface area contributed by atoms with Crippen LogP contribution in [0.1, 0.15) is 25.8 Å². The monoisotopic (exact) mass is 576 g/mol. The minimum Gasteiger partial charge on any atom is -0.493 e. The molecule has 5 nitrogen and oxygen atoms in total. The number of thioether (sulfide) groups is 1. The summed E-state index contributed by atoms with van der Waals surface area (Å²) in [6.07, 6.45) is 2.75. The van der Waals surface area contributed by atoms with Crippen LogP contribution in [0, 0.1) is 3.57 Å². The molecular weight excluding hydrogens is 558 g/mol. The number of ether oxygens (including phenoxy) is 2. The van der Waals surface area contributed by atoms with Gasteiger partial charge in [0, 0.05) is 0 Å². The molecule has 2 aromatic rings. The van der Waals surface area contributed by atoms with Gasteiger partial charge < -0.3 is 14.8 Å². The molecule has 0 radical (unpaired) electrons. The standard InChI is InChI=1S/C21H19Cl2IN2O3S/c1-4-11(2)29-19-14(24)8-12(9-16(19)28-3)10-17-20(27)26-21(30-17)25-15-7-5-6-13(22)18(15)23/h5-11H,4H2,1-3H3,(H,25,26,27)/b17-10-. The molecule has 2 aromatic carbocycles. The predicted octanol–water partition coefficient (Wildman–Crippen LogP) is 6.68. The van der Waals surface area contributed by atoms with Crippen molar-refractivity contribution in [3.63, 3.8) is 0 Å². The first-order chi connectivity index (χ1) is 14.3. The number of halogens is 3. The maximum absolute atomic E-state index is 12.4. The molecule has 30 heavy (non-hydrogen) atoms. The maximum atomic E-state index is 12.4. The smallest absolute Gasteiger partial charge is 0.264 e. The number of amidine groups is 1. The summed E-state index contributed by atoms with van der Waals surface area (Å²) in [5, 5.41) is 3.94. The van der Waals surface area contributed by atoms with Crippen LogP contribution in [0.15, 0.2) is 40.2 Å². The quantitative estimate of drug-likeness (QED) is 0.308. The third-order valence-electron chi connectivity index (χ3n) is 4.25. The number of aliphatic imine (C=N–C) groups is 1. The molecule has 1 fully saturated rings. The Hall–Kier alpha value is -1.42. The molecule has 3 rings (SSSR count). The van der Waals surface area contributed by atoms with Gasteiger partial charge in [-0.25, -0.2) is 4.99 Å². The van der Waals surface area contributed by atoms with E-state index in [1.807, 2.05) is 19.1 Å². The Morgan fingerprint density at radius 2 is 2.10 bits per heavy atom. The van der Waals surface area contributed by atoms with Crippen molar-refractivity contribution in [3.8, 4) is 11.5 Å². The van der Waals surface area contributed by atoms with Crippen LogP contribution in [-0.4, -0.2) is 24.3 Å². The molecule has 1 atom stereocenters. The summed E-state index contributed by atoms with van der Waals surface area (Å²) in [7, 11) is 1.60. The molecule has 1 aliphatic heterocycles. The summed E-state index contributed by atoms with van der Waals surface area (Å²) in [5.41, 5.74) is 1.32. The van der Waals surface area contributed by atoms with Crippen molar-refractivity contribution in [2.24, 2.45) is 4.99 Å². The van der Waals surface area contributed by atoms with Crippen LogP contribution in [0.3, 0.4) is 0 Å².